The maximum absolute atomic E-state index is 12.6. The Labute approximate surface area is 150 Å². The van der Waals surface area contributed by atoms with E-state index in [0.29, 0.717) is 22.9 Å². The lowest BCUT2D eigenvalue weighted by Gasteiger charge is -2.27. The van der Waals surface area contributed by atoms with E-state index >= 15 is 0 Å². The number of aromatic amines is 1. The largest absolute Gasteiger partial charge is 0.497 e. The van der Waals surface area contributed by atoms with Gasteiger partial charge in [0.25, 0.3) is 5.56 Å². The number of H-pyrrole nitrogens is 1. The molecule has 2 aromatic rings. The van der Waals surface area contributed by atoms with Crippen LogP contribution in [0.25, 0.3) is 0 Å². The van der Waals surface area contributed by atoms with E-state index in [0.717, 1.165) is 5.56 Å². The van der Waals surface area contributed by atoms with Crippen LogP contribution in [0.2, 0.25) is 0 Å². The van der Waals surface area contributed by atoms with Crippen LogP contribution < -0.4 is 15.0 Å². The second kappa shape index (κ2) is 7.03. The van der Waals surface area contributed by atoms with Crippen molar-refractivity contribution >= 4 is 5.97 Å². The van der Waals surface area contributed by atoms with Gasteiger partial charge in [-0.25, -0.2) is 4.79 Å². The van der Waals surface area contributed by atoms with Crippen molar-refractivity contribution in [3.8, 4) is 11.6 Å². The average molecular weight is 356 g/mol. The highest BCUT2D eigenvalue weighted by atomic mass is 16.5. The third kappa shape index (κ3) is 3.08. The molecular formula is C19H20N2O5. The summed E-state index contributed by atoms with van der Waals surface area (Å²) in [5.41, 5.74) is 0.978. The number of hydrogen-bond donors (Lipinski definition) is 1. The Morgan fingerprint density at radius 1 is 1.27 bits per heavy atom. The predicted molar refractivity (Wildman–Crippen MR) is 94.4 cm³/mol. The van der Waals surface area contributed by atoms with Crippen LogP contribution >= 0.6 is 0 Å². The Bertz CT molecular complexity index is 928. The molecule has 0 saturated heterocycles. The number of fused-ring (bicyclic) bond motifs is 1. The molecular weight excluding hydrogens is 336 g/mol. The summed E-state index contributed by atoms with van der Waals surface area (Å²) in [6.07, 6.45) is 0. The molecule has 1 aliphatic rings. The second-order valence-corrected chi connectivity index (χ2v) is 5.87. The molecule has 7 nitrogen and oxygen atoms in total. The Morgan fingerprint density at radius 3 is 2.58 bits per heavy atom. The number of nitrogens with zero attached hydrogens (tertiary/aromatic N) is 1. The molecule has 0 spiro atoms. The van der Waals surface area contributed by atoms with Crippen molar-refractivity contribution in [2.75, 3.05) is 13.7 Å². The van der Waals surface area contributed by atoms with Crippen LogP contribution in [0.1, 0.15) is 36.7 Å². The molecule has 1 atom stereocenters. The van der Waals surface area contributed by atoms with E-state index in [1.165, 1.54) is 0 Å². The Morgan fingerprint density at radius 2 is 1.96 bits per heavy atom. The molecule has 136 valence electrons. The summed E-state index contributed by atoms with van der Waals surface area (Å²) in [6, 6.07) is 7.17. The SMILES string of the molecule is CCOC(=O)C1=C(C)Oc2nc(C)[nH]c(=O)c2C1c1ccc(OC)cc1. The lowest BCUT2D eigenvalue weighted by molar-refractivity contribution is -0.139. The number of hydrogen-bond acceptors (Lipinski definition) is 6. The zero-order chi connectivity index (χ0) is 18.8. The minimum atomic E-state index is -0.638. The molecule has 1 aromatic carbocycles. The van der Waals surface area contributed by atoms with Crippen molar-refractivity contribution in [3.05, 3.63) is 62.9 Å². The van der Waals surface area contributed by atoms with Gasteiger partial charge in [0, 0.05) is 0 Å². The highest BCUT2D eigenvalue weighted by Gasteiger charge is 2.37. The smallest absolute Gasteiger partial charge is 0.338 e. The number of esters is 1. The van der Waals surface area contributed by atoms with E-state index in [4.69, 9.17) is 14.2 Å². The molecule has 0 aliphatic carbocycles. The summed E-state index contributed by atoms with van der Waals surface area (Å²) >= 11 is 0. The fourth-order valence-electron chi connectivity index (χ4n) is 3.05. The monoisotopic (exact) mass is 356 g/mol. The minimum absolute atomic E-state index is 0.206. The molecule has 1 aromatic heterocycles. The molecule has 1 N–H and O–H groups in total. The highest BCUT2D eigenvalue weighted by molar-refractivity contribution is 5.92. The van der Waals surface area contributed by atoms with Crippen molar-refractivity contribution in [1.29, 1.82) is 0 Å². The van der Waals surface area contributed by atoms with E-state index in [1.807, 2.05) is 12.1 Å². The van der Waals surface area contributed by atoms with E-state index in [1.54, 1.807) is 40.0 Å². The van der Waals surface area contributed by atoms with E-state index < -0.39 is 11.9 Å². The van der Waals surface area contributed by atoms with Crippen LogP contribution in [0.5, 0.6) is 11.6 Å². The number of rotatable bonds is 4. The molecule has 0 fully saturated rings. The van der Waals surface area contributed by atoms with Gasteiger partial charge < -0.3 is 19.2 Å². The lowest BCUT2D eigenvalue weighted by atomic mass is 9.83. The van der Waals surface area contributed by atoms with Crippen molar-refractivity contribution in [3.63, 3.8) is 0 Å². The topological polar surface area (TPSA) is 90.5 Å². The molecule has 0 saturated carbocycles. The van der Waals surface area contributed by atoms with Crippen molar-refractivity contribution in [1.82, 2.24) is 9.97 Å². The molecule has 1 aliphatic heterocycles. The Hall–Kier alpha value is -3.09. The third-order valence-electron chi connectivity index (χ3n) is 4.19. The number of aromatic nitrogens is 2. The number of ether oxygens (including phenoxy) is 3. The Balaban J connectivity index is 2.23. The summed E-state index contributed by atoms with van der Waals surface area (Å²) in [4.78, 5) is 32.2. The van der Waals surface area contributed by atoms with Crippen LogP contribution in [0, 0.1) is 6.92 Å². The van der Waals surface area contributed by atoms with Gasteiger partial charge in [0.05, 0.1) is 30.8 Å². The summed E-state index contributed by atoms with van der Waals surface area (Å²) in [7, 11) is 1.57. The summed E-state index contributed by atoms with van der Waals surface area (Å²) < 4.78 is 16.1. The zero-order valence-corrected chi connectivity index (χ0v) is 15.1. The highest BCUT2D eigenvalue weighted by Crippen LogP contribution is 2.41. The van der Waals surface area contributed by atoms with E-state index in [-0.39, 0.29) is 23.6 Å². The van der Waals surface area contributed by atoms with Crippen LogP contribution in [-0.2, 0) is 9.53 Å². The van der Waals surface area contributed by atoms with Gasteiger partial charge >= 0.3 is 5.97 Å². The van der Waals surface area contributed by atoms with Crippen LogP contribution in [0.3, 0.4) is 0 Å². The number of nitrogens with one attached hydrogen (secondary N) is 1. The van der Waals surface area contributed by atoms with Gasteiger partial charge in [-0.1, -0.05) is 12.1 Å². The van der Waals surface area contributed by atoms with Gasteiger partial charge in [-0.05, 0) is 38.5 Å². The number of aryl methyl sites for hydroxylation is 1. The quantitative estimate of drug-likeness (QED) is 0.846. The molecule has 0 bridgehead atoms. The summed E-state index contributed by atoms with van der Waals surface area (Å²) in [5.74, 6) is 0.536. The van der Waals surface area contributed by atoms with Crippen molar-refractivity contribution in [2.45, 2.75) is 26.7 Å². The predicted octanol–water partition coefficient (Wildman–Crippen LogP) is 2.45. The number of allylic oxidation sites excluding steroid dienone is 1. The van der Waals surface area contributed by atoms with Crippen LogP contribution in [0.4, 0.5) is 0 Å². The minimum Gasteiger partial charge on any atom is -0.497 e. The number of methoxy groups -OCH3 is 1. The molecule has 7 heteroatoms. The van der Waals surface area contributed by atoms with E-state index in [9.17, 15) is 9.59 Å². The second-order valence-electron chi connectivity index (χ2n) is 5.87. The molecule has 26 heavy (non-hydrogen) atoms. The third-order valence-corrected chi connectivity index (χ3v) is 4.19. The summed E-state index contributed by atoms with van der Waals surface area (Å²) in [6.45, 7) is 5.29. The molecule has 0 amide bonds. The fourth-order valence-corrected chi connectivity index (χ4v) is 3.05. The van der Waals surface area contributed by atoms with Gasteiger partial charge in [0.1, 0.15) is 17.3 Å². The van der Waals surface area contributed by atoms with Gasteiger partial charge in [0.15, 0.2) is 0 Å². The van der Waals surface area contributed by atoms with Gasteiger partial charge in [0.2, 0.25) is 5.88 Å². The van der Waals surface area contributed by atoms with Gasteiger partial charge in [-0.15, -0.1) is 0 Å². The maximum Gasteiger partial charge on any atom is 0.338 e. The number of carbonyl (C=O) groups excluding carboxylic acids is 1. The molecule has 1 unspecified atom stereocenters. The van der Waals surface area contributed by atoms with Crippen molar-refractivity contribution in [2.24, 2.45) is 0 Å². The average Bonchev–Trinajstić information content (AvgIpc) is 2.60. The molecule has 2 heterocycles. The first-order valence-corrected chi connectivity index (χ1v) is 8.26. The number of benzene rings is 1. The fraction of sp³-hybridized carbons (Fsp3) is 0.316. The van der Waals surface area contributed by atoms with Crippen LogP contribution in [0.15, 0.2) is 40.4 Å². The zero-order valence-electron chi connectivity index (χ0n) is 15.1. The van der Waals surface area contributed by atoms with Crippen molar-refractivity contribution < 1.29 is 19.0 Å². The van der Waals surface area contributed by atoms with Crippen LogP contribution in [-0.4, -0.2) is 29.7 Å². The first-order chi connectivity index (χ1) is 12.5. The van der Waals surface area contributed by atoms with Gasteiger partial charge in [-0.3, -0.25) is 4.79 Å². The first-order valence-electron chi connectivity index (χ1n) is 8.26. The lowest BCUT2D eigenvalue weighted by Crippen LogP contribution is -2.30. The first kappa shape index (κ1) is 17.7. The van der Waals surface area contributed by atoms with E-state index in [2.05, 4.69) is 9.97 Å². The van der Waals surface area contributed by atoms with Gasteiger partial charge in [-0.2, -0.15) is 4.98 Å². The normalized spacial score (nSPS) is 15.9. The molecule has 3 rings (SSSR count). The summed E-state index contributed by atoms with van der Waals surface area (Å²) in [5, 5.41) is 0. The maximum atomic E-state index is 12.6. The Kier molecular flexibility index (Phi) is 4.79. The standard InChI is InChI=1S/C19H20N2O5/c1-5-25-19(23)14-10(2)26-18-16(17(22)20-11(3)21-18)15(14)12-6-8-13(24-4)9-7-12/h6-9,15H,5H2,1-4H3,(H,20,21,22). The molecule has 0 radical (unpaired) electrons. The number of carbonyl (C=O) groups is 1.